The minimum absolute atomic E-state index is 0.202. The first kappa shape index (κ1) is 15.7. The molecule has 0 radical (unpaired) electrons. The molecule has 0 saturated heterocycles. The van der Waals surface area contributed by atoms with Gasteiger partial charge in [0, 0.05) is 12.5 Å². The lowest BCUT2D eigenvalue weighted by molar-refractivity contribution is -0.0511. The minimum Gasteiger partial charge on any atom is -0.472 e. The lowest BCUT2D eigenvalue weighted by atomic mass is 9.89. The van der Waals surface area contributed by atoms with Crippen LogP contribution in [0.1, 0.15) is 31.1 Å². The summed E-state index contributed by atoms with van der Waals surface area (Å²) in [7, 11) is 1.61. The van der Waals surface area contributed by atoms with Crippen molar-refractivity contribution in [3.8, 4) is 0 Å². The number of carbonyl (C=O) groups is 1. The highest BCUT2D eigenvalue weighted by Crippen LogP contribution is 2.23. The molecule has 5 nitrogen and oxygen atoms in total. The van der Waals surface area contributed by atoms with Crippen LogP contribution in [0.4, 0.5) is 0 Å². The molecule has 0 amide bonds. The fourth-order valence-corrected chi connectivity index (χ4v) is 1.37. The molecule has 1 heterocycles. The van der Waals surface area contributed by atoms with Crippen molar-refractivity contribution >= 4 is 5.97 Å². The van der Waals surface area contributed by atoms with Crippen molar-refractivity contribution in [2.75, 3.05) is 26.9 Å². The van der Waals surface area contributed by atoms with Crippen molar-refractivity contribution in [2.24, 2.45) is 5.41 Å². The Hall–Kier alpha value is -1.33. The van der Waals surface area contributed by atoms with Gasteiger partial charge in [-0.1, -0.05) is 20.8 Å². The van der Waals surface area contributed by atoms with Crippen LogP contribution in [0.5, 0.6) is 0 Å². The second-order valence-corrected chi connectivity index (χ2v) is 5.34. The molecule has 1 aromatic rings. The summed E-state index contributed by atoms with van der Waals surface area (Å²) in [6.45, 7) is 7.34. The van der Waals surface area contributed by atoms with Crippen molar-refractivity contribution in [1.29, 1.82) is 0 Å². The van der Waals surface area contributed by atoms with E-state index in [-0.39, 0.29) is 11.5 Å². The van der Waals surface area contributed by atoms with Crippen molar-refractivity contribution in [3.05, 3.63) is 24.2 Å². The molecule has 19 heavy (non-hydrogen) atoms. The van der Waals surface area contributed by atoms with Crippen LogP contribution < -0.4 is 0 Å². The molecule has 5 heteroatoms. The van der Waals surface area contributed by atoms with Crippen LogP contribution in [0.2, 0.25) is 0 Å². The first-order chi connectivity index (χ1) is 8.95. The molecular weight excluding hydrogens is 248 g/mol. The van der Waals surface area contributed by atoms with Gasteiger partial charge in [-0.3, -0.25) is 0 Å². The van der Waals surface area contributed by atoms with Gasteiger partial charge in [-0.25, -0.2) is 4.79 Å². The monoisotopic (exact) mass is 270 g/mol. The molecule has 0 N–H and O–H groups in total. The Morgan fingerprint density at radius 1 is 1.37 bits per heavy atom. The molecule has 1 rings (SSSR count). The van der Waals surface area contributed by atoms with Gasteiger partial charge < -0.3 is 18.6 Å². The molecule has 1 aromatic heterocycles. The highest BCUT2D eigenvalue weighted by Gasteiger charge is 2.29. The lowest BCUT2D eigenvalue weighted by Crippen LogP contribution is -2.36. The molecule has 0 bridgehead atoms. The van der Waals surface area contributed by atoms with Crippen molar-refractivity contribution < 1.29 is 23.4 Å². The predicted molar refractivity (Wildman–Crippen MR) is 70.1 cm³/mol. The standard InChI is InChI=1S/C14H22O5/c1-14(2,3)12(10-18-8-7-16-4)19-13(15)11-5-6-17-9-11/h5-6,9,12H,7-8,10H2,1-4H3. The van der Waals surface area contributed by atoms with Crippen molar-refractivity contribution in [1.82, 2.24) is 0 Å². The zero-order valence-corrected chi connectivity index (χ0v) is 12.0. The molecule has 0 aliphatic carbocycles. The summed E-state index contributed by atoms with van der Waals surface area (Å²) in [5.74, 6) is -0.399. The Bertz CT molecular complexity index is 364. The minimum atomic E-state index is -0.399. The Balaban J connectivity index is 2.52. The number of rotatable bonds is 7. The molecule has 1 atom stereocenters. The third kappa shape index (κ3) is 5.44. The van der Waals surface area contributed by atoms with E-state index >= 15 is 0 Å². The molecule has 0 fully saturated rings. The maximum absolute atomic E-state index is 11.9. The normalized spacial score (nSPS) is 13.3. The molecule has 1 unspecified atom stereocenters. The van der Waals surface area contributed by atoms with E-state index in [1.54, 1.807) is 13.2 Å². The molecule has 0 spiro atoms. The summed E-state index contributed by atoms with van der Waals surface area (Å²) >= 11 is 0. The maximum Gasteiger partial charge on any atom is 0.341 e. The van der Waals surface area contributed by atoms with Gasteiger partial charge in [0.25, 0.3) is 0 Å². The van der Waals surface area contributed by atoms with Gasteiger partial charge in [0.05, 0.1) is 31.6 Å². The number of methoxy groups -OCH3 is 1. The van der Waals surface area contributed by atoms with Gasteiger partial charge in [-0.05, 0) is 6.07 Å². The largest absolute Gasteiger partial charge is 0.472 e. The van der Waals surface area contributed by atoms with Crippen LogP contribution in [-0.4, -0.2) is 39.0 Å². The molecular formula is C14H22O5. The zero-order chi connectivity index (χ0) is 14.3. The second kappa shape index (κ2) is 7.31. The van der Waals surface area contributed by atoms with Crippen molar-refractivity contribution in [3.63, 3.8) is 0 Å². The van der Waals surface area contributed by atoms with Gasteiger partial charge in [-0.2, -0.15) is 0 Å². The smallest absolute Gasteiger partial charge is 0.341 e. The fourth-order valence-electron chi connectivity index (χ4n) is 1.37. The summed E-state index contributed by atoms with van der Waals surface area (Å²) in [6.07, 6.45) is 2.48. The summed E-state index contributed by atoms with van der Waals surface area (Å²) in [6, 6.07) is 1.58. The Morgan fingerprint density at radius 2 is 2.11 bits per heavy atom. The summed E-state index contributed by atoms with van der Waals surface area (Å²) < 4.78 is 20.7. The van der Waals surface area contributed by atoms with E-state index in [9.17, 15) is 4.79 Å². The van der Waals surface area contributed by atoms with Crippen molar-refractivity contribution in [2.45, 2.75) is 26.9 Å². The number of carbonyl (C=O) groups excluding carboxylic acids is 1. The van der Waals surface area contributed by atoms with E-state index in [1.807, 2.05) is 20.8 Å². The van der Waals surface area contributed by atoms with Crippen LogP contribution in [-0.2, 0) is 14.2 Å². The third-order valence-electron chi connectivity index (χ3n) is 2.67. The number of ether oxygens (including phenoxy) is 3. The topological polar surface area (TPSA) is 57.9 Å². The first-order valence-corrected chi connectivity index (χ1v) is 6.25. The Labute approximate surface area is 113 Å². The van der Waals surface area contributed by atoms with E-state index in [4.69, 9.17) is 18.6 Å². The van der Waals surface area contributed by atoms with Crippen LogP contribution in [0, 0.1) is 5.41 Å². The van der Waals surface area contributed by atoms with Crippen LogP contribution in [0.25, 0.3) is 0 Å². The molecule has 0 aromatic carbocycles. The van der Waals surface area contributed by atoms with E-state index in [1.165, 1.54) is 12.5 Å². The van der Waals surface area contributed by atoms with Gasteiger partial charge >= 0.3 is 5.97 Å². The molecule has 0 saturated carbocycles. The molecule has 0 aliphatic rings. The maximum atomic E-state index is 11.9. The van der Waals surface area contributed by atoms with Gasteiger partial charge in [-0.15, -0.1) is 0 Å². The average Bonchev–Trinajstić information content (AvgIpc) is 2.85. The predicted octanol–water partition coefficient (Wildman–Crippen LogP) is 2.51. The van der Waals surface area contributed by atoms with Crippen LogP contribution in [0.3, 0.4) is 0 Å². The number of hydrogen-bond donors (Lipinski definition) is 0. The number of furan rings is 1. The van der Waals surface area contributed by atoms with Gasteiger partial charge in [0.1, 0.15) is 12.4 Å². The summed E-state index contributed by atoms with van der Waals surface area (Å²) in [5.41, 5.74) is 0.207. The lowest BCUT2D eigenvalue weighted by Gasteiger charge is -2.29. The van der Waals surface area contributed by atoms with E-state index in [0.717, 1.165) is 0 Å². The third-order valence-corrected chi connectivity index (χ3v) is 2.67. The Kier molecular flexibility index (Phi) is 6.05. The number of esters is 1. The van der Waals surface area contributed by atoms with E-state index < -0.39 is 5.97 Å². The SMILES string of the molecule is COCCOCC(OC(=O)c1ccoc1)C(C)(C)C. The van der Waals surface area contributed by atoms with Gasteiger partial charge in [0.15, 0.2) is 0 Å². The number of hydrogen-bond acceptors (Lipinski definition) is 5. The molecule has 0 aliphatic heterocycles. The van der Waals surface area contributed by atoms with Crippen LogP contribution >= 0.6 is 0 Å². The average molecular weight is 270 g/mol. The zero-order valence-electron chi connectivity index (χ0n) is 12.0. The Morgan fingerprint density at radius 3 is 2.63 bits per heavy atom. The highest BCUT2D eigenvalue weighted by atomic mass is 16.6. The highest BCUT2D eigenvalue weighted by molar-refractivity contribution is 5.89. The fraction of sp³-hybridized carbons (Fsp3) is 0.643. The second-order valence-electron chi connectivity index (χ2n) is 5.34. The first-order valence-electron chi connectivity index (χ1n) is 6.25. The summed E-state index contributed by atoms with van der Waals surface area (Å²) in [4.78, 5) is 11.9. The summed E-state index contributed by atoms with van der Waals surface area (Å²) in [5, 5.41) is 0. The quantitative estimate of drug-likeness (QED) is 0.563. The molecule has 108 valence electrons. The van der Waals surface area contributed by atoms with E-state index in [0.29, 0.717) is 25.4 Å². The van der Waals surface area contributed by atoms with Gasteiger partial charge in [0.2, 0.25) is 0 Å². The van der Waals surface area contributed by atoms with E-state index in [2.05, 4.69) is 0 Å². The van der Waals surface area contributed by atoms with Crippen LogP contribution in [0.15, 0.2) is 23.0 Å².